The van der Waals surface area contributed by atoms with E-state index in [0.29, 0.717) is 23.6 Å². The molecule has 2 aliphatic heterocycles. The topological polar surface area (TPSA) is 89.2 Å². The van der Waals surface area contributed by atoms with Crippen LogP contribution in [0.4, 0.5) is 17.2 Å². The minimum Gasteiger partial charge on any atom is -0.368 e. The highest BCUT2D eigenvalue weighted by Gasteiger charge is 2.28. The minimum absolute atomic E-state index is 0.0912. The lowest BCUT2D eigenvalue weighted by atomic mass is 9.99. The van der Waals surface area contributed by atoms with Gasteiger partial charge in [0, 0.05) is 61.0 Å². The van der Waals surface area contributed by atoms with Crippen LogP contribution in [0.3, 0.4) is 0 Å². The highest BCUT2D eigenvalue weighted by molar-refractivity contribution is 6.06. The number of benzene rings is 1. The molecule has 8 heteroatoms. The highest BCUT2D eigenvalue weighted by atomic mass is 16.1. The summed E-state index contributed by atoms with van der Waals surface area (Å²) < 4.78 is 0. The SMILES string of the molecule is CN1CCN(c2ccc(Nc3cnc(-c4cccc5[nH]ccc45)c4c3C(=O)NC4)nc2)CC1. The number of hydrogen-bond acceptors (Lipinski definition) is 6. The fraction of sp³-hybridized carbons (Fsp3) is 0.240. The number of carbonyl (C=O) groups excluding carboxylic acids is 1. The zero-order chi connectivity index (χ0) is 22.4. The highest BCUT2D eigenvalue weighted by Crippen LogP contribution is 2.36. The van der Waals surface area contributed by atoms with Gasteiger partial charge in [-0.25, -0.2) is 4.98 Å². The molecule has 1 fully saturated rings. The third-order valence-electron chi connectivity index (χ3n) is 6.56. The van der Waals surface area contributed by atoms with E-state index in [0.717, 1.165) is 59.6 Å². The van der Waals surface area contributed by atoms with Crippen LogP contribution in [0.15, 0.2) is 55.0 Å². The maximum Gasteiger partial charge on any atom is 0.254 e. The van der Waals surface area contributed by atoms with Crippen LogP contribution >= 0.6 is 0 Å². The second-order valence-corrected chi connectivity index (χ2v) is 8.62. The molecule has 0 aliphatic carbocycles. The Morgan fingerprint density at radius 2 is 1.88 bits per heavy atom. The van der Waals surface area contributed by atoms with Crippen LogP contribution in [0.25, 0.3) is 22.2 Å². The molecule has 0 spiro atoms. The summed E-state index contributed by atoms with van der Waals surface area (Å²) in [7, 11) is 2.15. The van der Waals surface area contributed by atoms with E-state index < -0.39 is 0 Å². The fourth-order valence-electron chi connectivity index (χ4n) is 4.71. The number of pyridine rings is 2. The molecule has 0 saturated carbocycles. The van der Waals surface area contributed by atoms with Crippen LogP contribution in [-0.2, 0) is 6.54 Å². The third-order valence-corrected chi connectivity index (χ3v) is 6.56. The van der Waals surface area contributed by atoms with Gasteiger partial charge in [-0.15, -0.1) is 0 Å². The largest absolute Gasteiger partial charge is 0.368 e. The number of piperazine rings is 1. The first-order chi connectivity index (χ1) is 16.2. The quantitative estimate of drug-likeness (QED) is 0.452. The number of hydrogen-bond donors (Lipinski definition) is 3. The summed E-state index contributed by atoms with van der Waals surface area (Å²) in [6.07, 6.45) is 5.55. The third kappa shape index (κ3) is 3.48. The molecule has 0 unspecified atom stereocenters. The first-order valence-electron chi connectivity index (χ1n) is 11.2. The van der Waals surface area contributed by atoms with E-state index in [4.69, 9.17) is 4.98 Å². The van der Waals surface area contributed by atoms with Crippen molar-refractivity contribution >= 4 is 34.0 Å². The van der Waals surface area contributed by atoms with E-state index in [-0.39, 0.29) is 5.91 Å². The number of amides is 1. The molecule has 166 valence electrons. The zero-order valence-corrected chi connectivity index (χ0v) is 18.4. The second kappa shape index (κ2) is 7.90. The molecule has 4 aromatic rings. The molecule has 3 aromatic heterocycles. The number of anilines is 3. The molecule has 5 heterocycles. The second-order valence-electron chi connectivity index (χ2n) is 8.62. The van der Waals surface area contributed by atoms with Crippen LogP contribution in [0, 0.1) is 0 Å². The van der Waals surface area contributed by atoms with Gasteiger partial charge < -0.3 is 25.4 Å². The molecule has 1 amide bonds. The number of aromatic nitrogens is 3. The van der Waals surface area contributed by atoms with Crippen molar-refractivity contribution in [3.63, 3.8) is 0 Å². The van der Waals surface area contributed by atoms with Gasteiger partial charge in [0.1, 0.15) is 5.82 Å². The van der Waals surface area contributed by atoms with Gasteiger partial charge in [0.25, 0.3) is 5.91 Å². The summed E-state index contributed by atoms with van der Waals surface area (Å²) in [6.45, 7) is 4.56. The summed E-state index contributed by atoms with van der Waals surface area (Å²) in [5, 5.41) is 7.37. The number of H-pyrrole nitrogens is 1. The van der Waals surface area contributed by atoms with Crippen molar-refractivity contribution in [2.24, 2.45) is 0 Å². The Morgan fingerprint density at radius 3 is 2.70 bits per heavy atom. The van der Waals surface area contributed by atoms with Gasteiger partial charge >= 0.3 is 0 Å². The fourth-order valence-corrected chi connectivity index (χ4v) is 4.71. The molecule has 1 aromatic carbocycles. The van der Waals surface area contributed by atoms with E-state index in [1.807, 2.05) is 42.7 Å². The van der Waals surface area contributed by atoms with Crippen molar-refractivity contribution in [1.29, 1.82) is 0 Å². The monoisotopic (exact) mass is 439 g/mol. The average molecular weight is 440 g/mol. The van der Waals surface area contributed by atoms with Gasteiger partial charge in [-0.1, -0.05) is 12.1 Å². The summed E-state index contributed by atoms with van der Waals surface area (Å²) in [4.78, 5) is 30.0. The normalized spacial score (nSPS) is 16.2. The molecule has 6 rings (SSSR count). The van der Waals surface area contributed by atoms with Gasteiger partial charge in [-0.2, -0.15) is 0 Å². The van der Waals surface area contributed by atoms with Gasteiger partial charge in [0.05, 0.1) is 35.0 Å². The van der Waals surface area contributed by atoms with E-state index in [1.54, 1.807) is 6.20 Å². The van der Waals surface area contributed by atoms with Gasteiger partial charge in [-0.05, 0) is 31.3 Å². The summed E-state index contributed by atoms with van der Waals surface area (Å²) >= 11 is 0. The zero-order valence-electron chi connectivity index (χ0n) is 18.4. The molecule has 1 saturated heterocycles. The predicted octanol–water partition coefficient (Wildman–Crippen LogP) is 3.36. The standard InChI is InChI=1S/C25H25N7O/c1-31-9-11-32(12-10-31)16-5-6-22(27-13-16)30-21-15-28-24(19-14-29-25(33)23(19)21)18-3-2-4-20-17(18)7-8-26-20/h2-8,13,15,26H,9-12,14H2,1H3,(H,27,30)(H,29,33). The lowest BCUT2D eigenvalue weighted by Crippen LogP contribution is -2.44. The smallest absolute Gasteiger partial charge is 0.254 e. The summed E-state index contributed by atoms with van der Waals surface area (Å²) in [5.41, 5.74) is 6.23. The predicted molar refractivity (Wildman–Crippen MR) is 130 cm³/mol. The van der Waals surface area contributed by atoms with Crippen LogP contribution in [-0.4, -0.2) is 59.0 Å². The van der Waals surface area contributed by atoms with E-state index in [9.17, 15) is 4.79 Å². The lowest BCUT2D eigenvalue weighted by molar-refractivity contribution is 0.0966. The first kappa shape index (κ1) is 19.8. The molecule has 8 nitrogen and oxygen atoms in total. The minimum atomic E-state index is -0.0912. The van der Waals surface area contributed by atoms with Gasteiger partial charge in [0.15, 0.2) is 0 Å². The number of aromatic amines is 1. The van der Waals surface area contributed by atoms with E-state index in [2.05, 4.69) is 43.5 Å². The van der Waals surface area contributed by atoms with E-state index in [1.165, 1.54) is 0 Å². The number of nitrogens with one attached hydrogen (secondary N) is 3. The van der Waals surface area contributed by atoms with Crippen molar-refractivity contribution < 1.29 is 4.79 Å². The van der Waals surface area contributed by atoms with Crippen LogP contribution < -0.4 is 15.5 Å². The van der Waals surface area contributed by atoms with Crippen molar-refractivity contribution in [3.05, 3.63) is 66.1 Å². The molecule has 0 bridgehead atoms. The number of fused-ring (bicyclic) bond motifs is 2. The van der Waals surface area contributed by atoms with Crippen LogP contribution in [0.5, 0.6) is 0 Å². The summed E-state index contributed by atoms with van der Waals surface area (Å²) in [5.74, 6) is 0.600. The molecule has 33 heavy (non-hydrogen) atoms. The molecule has 0 atom stereocenters. The van der Waals surface area contributed by atoms with Gasteiger partial charge in [0.2, 0.25) is 0 Å². The number of rotatable bonds is 4. The Balaban J connectivity index is 1.31. The van der Waals surface area contributed by atoms with Crippen molar-refractivity contribution in [2.75, 3.05) is 43.4 Å². The summed E-state index contributed by atoms with van der Waals surface area (Å²) in [6, 6.07) is 12.2. The Kier molecular flexibility index (Phi) is 4.73. The molecule has 2 aliphatic rings. The molecule has 3 N–H and O–H groups in total. The number of carbonyl (C=O) groups is 1. The maximum absolute atomic E-state index is 12.7. The average Bonchev–Trinajstić information content (AvgIpc) is 3.48. The Hall–Kier alpha value is -3.91. The molecular formula is C25H25N7O. The lowest BCUT2D eigenvalue weighted by Gasteiger charge is -2.33. The van der Waals surface area contributed by atoms with Crippen LogP contribution in [0.1, 0.15) is 15.9 Å². The Morgan fingerprint density at radius 1 is 1.00 bits per heavy atom. The van der Waals surface area contributed by atoms with Crippen molar-refractivity contribution in [3.8, 4) is 11.3 Å². The molecular weight excluding hydrogens is 414 g/mol. The van der Waals surface area contributed by atoms with Crippen molar-refractivity contribution in [2.45, 2.75) is 6.54 Å². The molecule has 0 radical (unpaired) electrons. The van der Waals surface area contributed by atoms with Gasteiger partial charge in [-0.3, -0.25) is 9.78 Å². The maximum atomic E-state index is 12.7. The van der Waals surface area contributed by atoms with Crippen molar-refractivity contribution in [1.82, 2.24) is 25.2 Å². The Bertz CT molecular complexity index is 1340. The number of likely N-dealkylation sites (N-methyl/N-ethyl adjacent to an activating group) is 1. The first-order valence-corrected chi connectivity index (χ1v) is 11.2. The van der Waals surface area contributed by atoms with Crippen LogP contribution in [0.2, 0.25) is 0 Å². The van der Waals surface area contributed by atoms with E-state index >= 15 is 0 Å². The Labute approximate surface area is 191 Å². The number of nitrogens with zero attached hydrogens (tertiary/aromatic N) is 4.